The summed E-state index contributed by atoms with van der Waals surface area (Å²) >= 11 is 0. The molecular formula is C19H24N4O. The molecule has 3 rings (SSSR count). The van der Waals surface area contributed by atoms with Gasteiger partial charge in [0, 0.05) is 43.2 Å². The van der Waals surface area contributed by atoms with Crippen LogP contribution >= 0.6 is 0 Å². The number of nitrogens with one attached hydrogen (secondary N) is 1. The Kier molecular flexibility index (Phi) is 4.81. The van der Waals surface area contributed by atoms with E-state index < -0.39 is 0 Å². The zero-order valence-electron chi connectivity index (χ0n) is 14.5. The van der Waals surface area contributed by atoms with Crippen LogP contribution in [0.3, 0.4) is 0 Å². The van der Waals surface area contributed by atoms with E-state index in [1.807, 2.05) is 32.0 Å². The highest BCUT2D eigenvalue weighted by Gasteiger charge is 2.15. The Labute approximate surface area is 143 Å². The third-order valence-electron chi connectivity index (χ3n) is 4.45. The van der Waals surface area contributed by atoms with E-state index in [4.69, 9.17) is 0 Å². The van der Waals surface area contributed by atoms with Crippen molar-refractivity contribution in [1.29, 1.82) is 0 Å². The lowest BCUT2D eigenvalue weighted by atomic mass is 10.1. The van der Waals surface area contributed by atoms with Gasteiger partial charge in [-0.05, 0) is 56.8 Å². The number of aromatic nitrogens is 1. The number of amides is 1. The molecule has 1 fully saturated rings. The molecule has 1 N–H and O–H groups in total. The van der Waals surface area contributed by atoms with Crippen LogP contribution in [0.2, 0.25) is 0 Å². The highest BCUT2D eigenvalue weighted by atomic mass is 16.1. The standard InChI is InChI=1S/C19H24N4O/c1-14-13-16(23-11-9-22(3)10-12-23)7-8-17(14)21-19(24)18-6-4-5-15(2)20-18/h4-8,13H,9-12H2,1-3H3,(H,21,24). The molecule has 1 amide bonds. The fourth-order valence-electron chi connectivity index (χ4n) is 2.91. The van der Waals surface area contributed by atoms with Crippen LogP contribution in [0.15, 0.2) is 36.4 Å². The maximum absolute atomic E-state index is 12.4. The summed E-state index contributed by atoms with van der Waals surface area (Å²) in [4.78, 5) is 21.4. The largest absolute Gasteiger partial charge is 0.369 e. The molecule has 0 bridgehead atoms. The molecule has 0 atom stereocenters. The minimum absolute atomic E-state index is 0.172. The zero-order chi connectivity index (χ0) is 17.1. The lowest BCUT2D eigenvalue weighted by Crippen LogP contribution is -2.44. The van der Waals surface area contributed by atoms with E-state index in [1.165, 1.54) is 5.69 Å². The Balaban J connectivity index is 1.72. The predicted molar refractivity (Wildman–Crippen MR) is 97.8 cm³/mol. The van der Waals surface area contributed by atoms with E-state index in [0.29, 0.717) is 5.69 Å². The number of nitrogens with zero attached hydrogens (tertiary/aromatic N) is 3. The van der Waals surface area contributed by atoms with E-state index in [0.717, 1.165) is 43.1 Å². The Morgan fingerprint density at radius 2 is 1.83 bits per heavy atom. The van der Waals surface area contributed by atoms with Gasteiger partial charge >= 0.3 is 0 Å². The molecule has 0 spiro atoms. The van der Waals surface area contributed by atoms with Gasteiger partial charge in [-0.15, -0.1) is 0 Å². The van der Waals surface area contributed by atoms with Crippen molar-refractivity contribution in [1.82, 2.24) is 9.88 Å². The van der Waals surface area contributed by atoms with Gasteiger partial charge in [-0.1, -0.05) is 6.07 Å². The summed E-state index contributed by atoms with van der Waals surface area (Å²) in [5.41, 5.74) is 4.39. The first kappa shape index (κ1) is 16.5. The molecule has 2 heterocycles. The van der Waals surface area contributed by atoms with Gasteiger partial charge in [-0.2, -0.15) is 0 Å². The van der Waals surface area contributed by atoms with E-state index in [9.17, 15) is 4.79 Å². The van der Waals surface area contributed by atoms with Crippen LogP contribution in [0.25, 0.3) is 0 Å². The van der Waals surface area contributed by atoms with Crippen molar-refractivity contribution in [2.75, 3.05) is 43.4 Å². The van der Waals surface area contributed by atoms with Gasteiger partial charge < -0.3 is 15.1 Å². The van der Waals surface area contributed by atoms with Gasteiger partial charge in [0.1, 0.15) is 5.69 Å². The zero-order valence-corrected chi connectivity index (χ0v) is 14.5. The number of piperazine rings is 1. The summed E-state index contributed by atoms with van der Waals surface area (Å²) < 4.78 is 0. The van der Waals surface area contributed by atoms with Crippen LogP contribution in [0.4, 0.5) is 11.4 Å². The number of anilines is 2. The third kappa shape index (κ3) is 3.74. The molecule has 1 aliphatic heterocycles. The quantitative estimate of drug-likeness (QED) is 0.943. The van der Waals surface area contributed by atoms with Crippen LogP contribution in [0.1, 0.15) is 21.7 Å². The number of pyridine rings is 1. The van der Waals surface area contributed by atoms with Gasteiger partial charge in [0.2, 0.25) is 0 Å². The SMILES string of the molecule is Cc1cccc(C(=O)Nc2ccc(N3CCN(C)CC3)cc2C)n1. The maximum atomic E-state index is 12.4. The van der Waals surface area contributed by atoms with Crippen LogP contribution in [0, 0.1) is 13.8 Å². The molecule has 1 saturated heterocycles. The summed E-state index contributed by atoms with van der Waals surface area (Å²) in [7, 11) is 2.15. The maximum Gasteiger partial charge on any atom is 0.274 e. The molecule has 1 aromatic carbocycles. The second-order valence-corrected chi connectivity index (χ2v) is 6.41. The molecule has 2 aromatic rings. The van der Waals surface area contributed by atoms with Crippen molar-refractivity contribution in [2.45, 2.75) is 13.8 Å². The molecule has 5 heteroatoms. The van der Waals surface area contributed by atoms with Crippen LogP contribution in [-0.4, -0.2) is 49.0 Å². The minimum Gasteiger partial charge on any atom is -0.369 e. The summed E-state index contributed by atoms with van der Waals surface area (Å²) in [5, 5.41) is 2.96. The van der Waals surface area contributed by atoms with Gasteiger partial charge in [0.25, 0.3) is 5.91 Å². The van der Waals surface area contributed by atoms with E-state index in [2.05, 4.69) is 39.3 Å². The number of carbonyl (C=O) groups excluding carboxylic acids is 1. The lowest BCUT2D eigenvalue weighted by molar-refractivity contribution is 0.102. The number of hydrogen-bond donors (Lipinski definition) is 1. The van der Waals surface area contributed by atoms with Crippen molar-refractivity contribution in [3.05, 3.63) is 53.3 Å². The highest BCUT2D eigenvalue weighted by Crippen LogP contribution is 2.24. The fraction of sp³-hybridized carbons (Fsp3) is 0.368. The molecule has 0 radical (unpaired) electrons. The van der Waals surface area contributed by atoms with Crippen molar-refractivity contribution in [3.63, 3.8) is 0 Å². The molecule has 5 nitrogen and oxygen atoms in total. The van der Waals surface area contributed by atoms with E-state index in [-0.39, 0.29) is 5.91 Å². The predicted octanol–water partition coefficient (Wildman–Crippen LogP) is 2.70. The van der Waals surface area contributed by atoms with Gasteiger partial charge in [0.15, 0.2) is 0 Å². The third-order valence-corrected chi connectivity index (χ3v) is 4.45. The Morgan fingerprint density at radius 1 is 1.08 bits per heavy atom. The second-order valence-electron chi connectivity index (χ2n) is 6.41. The Hall–Kier alpha value is -2.40. The van der Waals surface area contributed by atoms with Gasteiger partial charge in [0.05, 0.1) is 0 Å². The number of likely N-dealkylation sites (N-methyl/N-ethyl adjacent to an activating group) is 1. The topological polar surface area (TPSA) is 48.5 Å². The second kappa shape index (κ2) is 7.01. The molecule has 126 valence electrons. The summed E-state index contributed by atoms with van der Waals surface area (Å²) in [6.07, 6.45) is 0. The monoisotopic (exact) mass is 324 g/mol. The normalized spacial score (nSPS) is 15.4. The van der Waals surface area contributed by atoms with Crippen molar-refractivity contribution in [2.24, 2.45) is 0 Å². The van der Waals surface area contributed by atoms with Gasteiger partial charge in [-0.25, -0.2) is 4.98 Å². The molecule has 0 aliphatic carbocycles. The van der Waals surface area contributed by atoms with Crippen LogP contribution in [0.5, 0.6) is 0 Å². The molecule has 24 heavy (non-hydrogen) atoms. The average molecular weight is 324 g/mol. The number of rotatable bonds is 3. The fourth-order valence-corrected chi connectivity index (χ4v) is 2.91. The molecule has 0 saturated carbocycles. The van der Waals surface area contributed by atoms with Crippen LogP contribution < -0.4 is 10.2 Å². The smallest absolute Gasteiger partial charge is 0.274 e. The Morgan fingerprint density at radius 3 is 2.50 bits per heavy atom. The number of hydrogen-bond acceptors (Lipinski definition) is 4. The first-order valence-electron chi connectivity index (χ1n) is 8.32. The van der Waals surface area contributed by atoms with Crippen molar-refractivity contribution >= 4 is 17.3 Å². The summed E-state index contributed by atoms with van der Waals surface area (Å²) in [6, 6.07) is 11.7. The summed E-state index contributed by atoms with van der Waals surface area (Å²) in [5.74, 6) is -0.172. The van der Waals surface area contributed by atoms with Crippen molar-refractivity contribution < 1.29 is 4.79 Å². The van der Waals surface area contributed by atoms with Crippen LogP contribution in [-0.2, 0) is 0 Å². The molecule has 1 aliphatic rings. The first-order chi connectivity index (χ1) is 11.5. The van der Waals surface area contributed by atoms with E-state index in [1.54, 1.807) is 6.07 Å². The Bertz CT molecular complexity index is 736. The minimum atomic E-state index is -0.172. The number of aryl methyl sites for hydroxylation is 2. The first-order valence-corrected chi connectivity index (χ1v) is 8.32. The number of benzene rings is 1. The highest BCUT2D eigenvalue weighted by molar-refractivity contribution is 6.03. The summed E-state index contributed by atoms with van der Waals surface area (Å²) in [6.45, 7) is 8.14. The van der Waals surface area contributed by atoms with Gasteiger partial charge in [-0.3, -0.25) is 4.79 Å². The lowest BCUT2D eigenvalue weighted by Gasteiger charge is -2.34. The molecule has 0 unspecified atom stereocenters. The van der Waals surface area contributed by atoms with E-state index >= 15 is 0 Å². The molecule has 1 aromatic heterocycles. The average Bonchev–Trinajstić information content (AvgIpc) is 2.57. The molecular weight excluding hydrogens is 300 g/mol. The number of carbonyl (C=O) groups is 1. The van der Waals surface area contributed by atoms with Crippen molar-refractivity contribution in [3.8, 4) is 0 Å².